The third-order valence-electron chi connectivity index (χ3n) is 1.53. The minimum Gasteiger partial charge on any atom is -0.393 e. The minimum absolute atomic E-state index is 0.725. The van der Waals surface area contributed by atoms with Crippen LogP contribution < -0.4 is 0 Å². The van der Waals surface area contributed by atoms with Crippen molar-refractivity contribution >= 4 is 0 Å². The standard InChI is InChI=1S/C6H8F6O2/c1-3(13)2-4(14,5(7,8)9)6(10,11)12/h3,13-14H,2H2,1H3/t3-/m1/s1. The highest BCUT2D eigenvalue weighted by atomic mass is 19.4. The molecule has 0 aliphatic rings. The fourth-order valence-corrected chi connectivity index (χ4v) is 0.820. The second kappa shape index (κ2) is 3.58. The van der Waals surface area contributed by atoms with Gasteiger partial charge in [-0.2, -0.15) is 26.3 Å². The van der Waals surface area contributed by atoms with Crippen molar-refractivity contribution in [3.05, 3.63) is 0 Å². The van der Waals surface area contributed by atoms with E-state index in [4.69, 9.17) is 10.2 Å². The Bertz CT molecular complexity index is 179. The maximum absolute atomic E-state index is 11.9. The molecule has 0 aromatic heterocycles. The lowest BCUT2D eigenvalue weighted by Crippen LogP contribution is -2.58. The first-order chi connectivity index (χ1) is 5.92. The summed E-state index contributed by atoms with van der Waals surface area (Å²) in [6.45, 7) is 0.725. The molecule has 0 aromatic carbocycles. The molecule has 0 aliphatic carbocycles. The number of aliphatic hydroxyl groups is 2. The third-order valence-corrected chi connectivity index (χ3v) is 1.53. The van der Waals surface area contributed by atoms with Crippen molar-refractivity contribution in [2.24, 2.45) is 0 Å². The van der Waals surface area contributed by atoms with Gasteiger partial charge in [0.25, 0.3) is 5.60 Å². The van der Waals surface area contributed by atoms with E-state index >= 15 is 0 Å². The Balaban J connectivity index is 5.07. The van der Waals surface area contributed by atoms with Gasteiger partial charge in [0.15, 0.2) is 0 Å². The van der Waals surface area contributed by atoms with Crippen LogP contribution in [0.3, 0.4) is 0 Å². The largest absolute Gasteiger partial charge is 0.426 e. The SMILES string of the molecule is C[C@@H](O)CC(O)(C(F)(F)F)C(F)(F)F. The molecule has 0 saturated heterocycles. The molecular formula is C6H8F6O2. The first kappa shape index (κ1) is 13.5. The summed E-state index contributed by atoms with van der Waals surface area (Å²) < 4.78 is 71.3. The summed E-state index contributed by atoms with van der Waals surface area (Å²) in [6.07, 6.45) is -15.5. The molecule has 0 radical (unpaired) electrons. The first-order valence-corrected chi connectivity index (χ1v) is 3.45. The monoisotopic (exact) mass is 226 g/mol. The Kier molecular flexibility index (Phi) is 3.45. The quantitative estimate of drug-likeness (QED) is 0.702. The van der Waals surface area contributed by atoms with Crippen molar-refractivity contribution in [3.63, 3.8) is 0 Å². The molecule has 0 rings (SSSR count). The van der Waals surface area contributed by atoms with Crippen LogP contribution in [-0.2, 0) is 0 Å². The zero-order chi connectivity index (χ0) is 11.8. The molecule has 0 bridgehead atoms. The van der Waals surface area contributed by atoms with Gasteiger partial charge in [0, 0.05) is 6.42 Å². The summed E-state index contributed by atoms with van der Waals surface area (Å²) in [5.41, 5.74) is -4.85. The van der Waals surface area contributed by atoms with Crippen LogP contribution in [-0.4, -0.2) is 34.3 Å². The van der Waals surface area contributed by atoms with E-state index in [1.165, 1.54) is 0 Å². The van der Waals surface area contributed by atoms with Crippen LogP contribution >= 0.6 is 0 Å². The summed E-state index contributed by atoms with van der Waals surface area (Å²) in [4.78, 5) is 0. The van der Waals surface area contributed by atoms with Crippen LogP contribution in [0.15, 0.2) is 0 Å². The number of rotatable bonds is 2. The van der Waals surface area contributed by atoms with Crippen LogP contribution in [0.4, 0.5) is 26.3 Å². The summed E-state index contributed by atoms with van der Waals surface area (Å²) in [6, 6.07) is 0. The van der Waals surface area contributed by atoms with E-state index in [2.05, 4.69) is 0 Å². The van der Waals surface area contributed by atoms with Crippen molar-refractivity contribution in [1.29, 1.82) is 0 Å². The topological polar surface area (TPSA) is 40.5 Å². The summed E-state index contributed by atoms with van der Waals surface area (Å²) in [7, 11) is 0. The Morgan fingerprint density at radius 1 is 1.00 bits per heavy atom. The summed E-state index contributed by atoms with van der Waals surface area (Å²) in [5, 5.41) is 16.9. The average molecular weight is 226 g/mol. The molecular weight excluding hydrogens is 218 g/mol. The Morgan fingerprint density at radius 2 is 1.29 bits per heavy atom. The lowest BCUT2D eigenvalue weighted by molar-refractivity contribution is -0.373. The predicted molar refractivity (Wildman–Crippen MR) is 33.4 cm³/mol. The molecule has 1 atom stereocenters. The van der Waals surface area contributed by atoms with Gasteiger partial charge >= 0.3 is 12.4 Å². The van der Waals surface area contributed by atoms with E-state index in [-0.39, 0.29) is 0 Å². The maximum Gasteiger partial charge on any atom is 0.426 e. The smallest absolute Gasteiger partial charge is 0.393 e. The molecule has 14 heavy (non-hydrogen) atoms. The van der Waals surface area contributed by atoms with Gasteiger partial charge < -0.3 is 10.2 Å². The number of aliphatic hydroxyl groups excluding tert-OH is 1. The highest BCUT2D eigenvalue weighted by Crippen LogP contribution is 2.45. The van der Waals surface area contributed by atoms with Crippen LogP contribution in [0.1, 0.15) is 13.3 Å². The second-order valence-electron chi connectivity index (χ2n) is 2.91. The van der Waals surface area contributed by atoms with Crippen LogP contribution in [0, 0.1) is 0 Å². The van der Waals surface area contributed by atoms with Crippen LogP contribution in [0.5, 0.6) is 0 Å². The van der Waals surface area contributed by atoms with Gasteiger partial charge in [0.2, 0.25) is 0 Å². The molecule has 0 aliphatic heterocycles. The molecule has 2 N–H and O–H groups in total. The van der Waals surface area contributed by atoms with Crippen LogP contribution in [0.2, 0.25) is 0 Å². The molecule has 0 saturated carbocycles. The molecule has 0 unspecified atom stereocenters. The van der Waals surface area contributed by atoms with Gasteiger partial charge in [0.05, 0.1) is 6.10 Å². The lowest BCUT2D eigenvalue weighted by atomic mass is 9.95. The number of hydrogen-bond acceptors (Lipinski definition) is 2. The normalized spacial score (nSPS) is 16.9. The zero-order valence-electron chi connectivity index (χ0n) is 6.95. The lowest BCUT2D eigenvalue weighted by Gasteiger charge is -2.33. The highest BCUT2D eigenvalue weighted by molar-refractivity contribution is 4.94. The maximum atomic E-state index is 11.9. The molecule has 8 heteroatoms. The number of hydrogen-bond donors (Lipinski definition) is 2. The number of halogens is 6. The molecule has 0 amide bonds. The molecule has 86 valence electrons. The van der Waals surface area contributed by atoms with E-state index in [9.17, 15) is 26.3 Å². The Hall–Kier alpha value is -0.500. The third kappa shape index (κ3) is 2.50. The zero-order valence-corrected chi connectivity index (χ0v) is 6.95. The van der Waals surface area contributed by atoms with Crippen molar-refractivity contribution in [1.82, 2.24) is 0 Å². The van der Waals surface area contributed by atoms with Crippen molar-refractivity contribution < 1.29 is 36.6 Å². The van der Waals surface area contributed by atoms with Gasteiger partial charge in [-0.15, -0.1) is 0 Å². The fourth-order valence-electron chi connectivity index (χ4n) is 0.820. The molecule has 0 heterocycles. The first-order valence-electron chi connectivity index (χ1n) is 3.45. The molecule has 2 nitrogen and oxygen atoms in total. The van der Waals surface area contributed by atoms with E-state index < -0.39 is 30.5 Å². The molecule has 0 aromatic rings. The summed E-state index contributed by atoms with van der Waals surface area (Å²) >= 11 is 0. The van der Waals surface area contributed by atoms with Gasteiger partial charge in [-0.25, -0.2) is 0 Å². The van der Waals surface area contributed by atoms with Crippen molar-refractivity contribution in [3.8, 4) is 0 Å². The average Bonchev–Trinajstić information content (AvgIpc) is 1.79. The van der Waals surface area contributed by atoms with Gasteiger partial charge in [-0.3, -0.25) is 0 Å². The van der Waals surface area contributed by atoms with Crippen LogP contribution in [0.25, 0.3) is 0 Å². The molecule has 0 spiro atoms. The van der Waals surface area contributed by atoms with E-state index in [0.717, 1.165) is 6.92 Å². The fraction of sp³-hybridized carbons (Fsp3) is 1.00. The predicted octanol–water partition coefficient (Wildman–Crippen LogP) is 1.61. The Labute approximate surface area is 75.1 Å². The van der Waals surface area contributed by atoms with Crippen molar-refractivity contribution in [2.45, 2.75) is 37.4 Å². The van der Waals surface area contributed by atoms with E-state index in [0.29, 0.717) is 0 Å². The molecule has 0 fully saturated rings. The van der Waals surface area contributed by atoms with E-state index in [1.54, 1.807) is 0 Å². The van der Waals surface area contributed by atoms with E-state index in [1.807, 2.05) is 0 Å². The van der Waals surface area contributed by atoms with Gasteiger partial charge in [-0.05, 0) is 6.92 Å². The second-order valence-corrected chi connectivity index (χ2v) is 2.91. The highest BCUT2D eigenvalue weighted by Gasteiger charge is 2.70. The minimum atomic E-state index is -5.86. The Morgan fingerprint density at radius 3 is 1.36 bits per heavy atom. The van der Waals surface area contributed by atoms with Gasteiger partial charge in [-0.1, -0.05) is 0 Å². The summed E-state index contributed by atoms with van der Waals surface area (Å²) in [5.74, 6) is 0. The van der Waals surface area contributed by atoms with Crippen molar-refractivity contribution in [2.75, 3.05) is 0 Å². The van der Waals surface area contributed by atoms with Gasteiger partial charge in [0.1, 0.15) is 0 Å². The number of alkyl halides is 6.